The third-order valence-corrected chi connectivity index (χ3v) is 3.33. The van der Waals surface area contributed by atoms with Crippen LogP contribution in [-0.2, 0) is 0 Å². The Balaban J connectivity index is 1.95. The first-order chi connectivity index (χ1) is 10.2. The maximum absolute atomic E-state index is 12.6. The van der Waals surface area contributed by atoms with Gasteiger partial charge in [0.1, 0.15) is 11.5 Å². The summed E-state index contributed by atoms with van der Waals surface area (Å²) in [6.45, 7) is 5.36. The molecule has 0 N–H and O–H groups in total. The Morgan fingerprint density at radius 2 is 1.90 bits per heavy atom. The maximum atomic E-state index is 12.6. The van der Waals surface area contributed by atoms with Gasteiger partial charge in [0, 0.05) is 5.69 Å². The van der Waals surface area contributed by atoms with E-state index in [4.69, 9.17) is 9.47 Å². The number of hydrogen-bond donors (Lipinski definition) is 0. The lowest BCUT2D eigenvalue weighted by molar-refractivity contribution is 0.0877. The molecule has 0 aromatic heterocycles. The number of nitrogens with zero attached hydrogens (tertiary/aromatic N) is 1. The quantitative estimate of drug-likeness (QED) is 0.807. The molecule has 1 aliphatic rings. The molecule has 2 aromatic rings. The van der Waals surface area contributed by atoms with E-state index in [0.29, 0.717) is 17.1 Å². The lowest BCUT2D eigenvalue weighted by Gasteiger charge is -2.34. The molecule has 1 amide bonds. The van der Waals surface area contributed by atoms with E-state index in [9.17, 15) is 4.79 Å². The van der Waals surface area contributed by atoms with Crippen LogP contribution in [0.15, 0.2) is 61.4 Å². The van der Waals surface area contributed by atoms with Crippen molar-refractivity contribution in [2.45, 2.75) is 13.2 Å². The van der Waals surface area contributed by atoms with Crippen LogP contribution in [0.1, 0.15) is 17.3 Å². The molecule has 21 heavy (non-hydrogen) atoms. The predicted octanol–water partition coefficient (Wildman–Crippen LogP) is 3.59. The highest BCUT2D eigenvalue weighted by atomic mass is 16.5. The number of benzene rings is 2. The minimum atomic E-state index is -0.362. The standard InChI is InChI=1S/C17H15NO3/c1-3-20-14-10-8-13(9-11-14)18-12(2)21-16-7-5-4-6-15(16)17(18)19/h3-12H,1H2,2H3/t12-/m0/s1. The fraction of sp³-hybridized carbons (Fsp3) is 0.118. The number of anilines is 1. The number of hydrogen-bond acceptors (Lipinski definition) is 3. The number of rotatable bonds is 3. The third-order valence-electron chi connectivity index (χ3n) is 3.33. The first kappa shape index (κ1) is 13.2. The minimum Gasteiger partial charge on any atom is -0.470 e. The van der Waals surface area contributed by atoms with Crippen molar-refractivity contribution in [2.24, 2.45) is 0 Å². The largest absolute Gasteiger partial charge is 0.470 e. The zero-order chi connectivity index (χ0) is 14.8. The van der Waals surface area contributed by atoms with Gasteiger partial charge in [-0.1, -0.05) is 18.7 Å². The van der Waals surface area contributed by atoms with E-state index in [1.165, 1.54) is 6.26 Å². The highest BCUT2D eigenvalue weighted by Crippen LogP contribution is 2.31. The van der Waals surface area contributed by atoms with Gasteiger partial charge in [-0.2, -0.15) is 0 Å². The second-order valence-electron chi connectivity index (χ2n) is 4.67. The van der Waals surface area contributed by atoms with Gasteiger partial charge >= 0.3 is 0 Å². The first-order valence-electron chi connectivity index (χ1n) is 6.67. The summed E-state index contributed by atoms with van der Waals surface area (Å²) in [4.78, 5) is 14.3. The number of carbonyl (C=O) groups is 1. The fourth-order valence-corrected chi connectivity index (χ4v) is 2.39. The summed E-state index contributed by atoms with van der Waals surface area (Å²) in [7, 11) is 0. The topological polar surface area (TPSA) is 38.8 Å². The van der Waals surface area contributed by atoms with Crippen LogP contribution in [0.3, 0.4) is 0 Å². The van der Waals surface area contributed by atoms with Crippen LogP contribution in [0.4, 0.5) is 5.69 Å². The zero-order valence-electron chi connectivity index (χ0n) is 11.7. The maximum Gasteiger partial charge on any atom is 0.264 e. The molecule has 0 fully saturated rings. The first-order valence-corrected chi connectivity index (χ1v) is 6.67. The second-order valence-corrected chi connectivity index (χ2v) is 4.67. The van der Waals surface area contributed by atoms with Crippen molar-refractivity contribution in [3.63, 3.8) is 0 Å². The van der Waals surface area contributed by atoms with Gasteiger partial charge in [0.2, 0.25) is 0 Å². The van der Waals surface area contributed by atoms with Gasteiger partial charge < -0.3 is 9.47 Å². The lowest BCUT2D eigenvalue weighted by Crippen LogP contribution is -2.45. The molecule has 2 aromatic carbocycles. The van der Waals surface area contributed by atoms with Gasteiger partial charge in [0.25, 0.3) is 5.91 Å². The van der Waals surface area contributed by atoms with Crippen molar-refractivity contribution in [3.05, 3.63) is 66.9 Å². The monoisotopic (exact) mass is 281 g/mol. The van der Waals surface area contributed by atoms with Gasteiger partial charge in [0.05, 0.1) is 11.8 Å². The Kier molecular flexibility index (Phi) is 3.36. The SMILES string of the molecule is C=COc1ccc(N2C(=O)c3ccccc3O[C@H]2C)cc1. The van der Waals surface area contributed by atoms with Crippen molar-refractivity contribution < 1.29 is 14.3 Å². The average Bonchev–Trinajstić information content (AvgIpc) is 2.49. The molecule has 1 aliphatic heterocycles. The summed E-state index contributed by atoms with van der Waals surface area (Å²) in [6, 6.07) is 14.5. The van der Waals surface area contributed by atoms with Crippen LogP contribution in [-0.4, -0.2) is 12.1 Å². The number of ether oxygens (including phenoxy) is 2. The summed E-state index contributed by atoms with van der Waals surface area (Å²) < 4.78 is 11.0. The minimum absolute atomic E-state index is 0.0678. The molecule has 0 spiro atoms. The summed E-state index contributed by atoms with van der Waals surface area (Å²) in [5, 5.41) is 0. The van der Waals surface area contributed by atoms with E-state index in [2.05, 4.69) is 6.58 Å². The van der Waals surface area contributed by atoms with E-state index in [1.54, 1.807) is 23.1 Å². The van der Waals surface area contributed by atoms with E-state index in [0.717, 1.165) is 5.69 Å². The molecule has 1 atom stereocenters. The Labute approximate surface area is 123 Å². The van der Waals surface area contributed by atoms with E-state index in [-0.39, 0.29) is 12.1 Å². The van der Waals surface area contributed by atoms with Gasteiger partial charge in [-0.25, -0.2) is 0 Å². The summed E-state index contributed by atoms with van der Waals surface area (Å²) >= 11 is 0. The van der Waals surface area contributed by atoms with Crippen LogP contribution in [0, 0.1) is 0 Å². The molecule has 0 radical (unpaired) electrons. The molecule has 0 aliphatic carbocycles. The van der Waals surface area contributed by atoms with Gasteiger partial charge in [-0.15, -0.1) is 0 Å². The Morgan fingerprint density at radius 3 is 2.62 bits per heavy atom. The normalized spacial score (nSPS) is 16.9. The molecule has 0 bridgehead atoms. The summed E-state index contributed by atoms with van der Waals surface area (Å²) in [6.07, 6.45) is 1.00. The van der Waals surface area contributed by atoms with Gasteiger partial charge in [-0.3, -0.25) is 9.69 Å². The molecular formula is C17H15NO3. The molecular weight excluding hydrogens is 266 g/mol. The van der Waals surface area contributed by atoms with Gasteiger partial charge in [0.15, 0.2) is 6.23 Å². The van der Waals surface area contributed by atoms with Crippen LogP contribution in [0.2, 0.25) is 0 Å². The van der Waals surface area contributed by atoms with Crippen molar-refractivity contribution in [3.8, 4) is 11.5 Å². The molecule has 0 saturated heterocycles. The third kappa shape index (κ3) is 2.36. The van der Waals surface area contributed by atoms with Crippen molar-refractivity contribution in [1.29, 1.82) is 0 Å². The summed E-state index contributed by atoms with van der Waals surface area (Å²) in [5.74, 6) is 1.23. The molecule has 4 heteroatoms. The highest BCUT2D eigenvalue weighted by molar-refractivity contribution is 6.09. The van der Waals surface area contributed by atoms with E-state index >= 15 is 0 Å². The Bertz CT molecular complexity index is 679. The number of fused-ring (bicyclic) bond motifs is 1. The van der Waals surface area contributed by atoms with Crippen LogP contribution in [0.25, 0.3) is 0 Å². The smallest absolute Gasteiger partial charge is 0.264 e. The second kappa shape index (κ2) is 5.32. The molecule has 0 saturated carbocycles. The Hall–Kier alpha value is -2.75. The van der Waals surface area contributed by atoms with Crippen LogP contribution in [0.5, 0.6) is 11.5 Å². The lowest BCUT2D eigenvalue weighted by atomic mass is 10.1. The van der Waals surface area contributed by atoms with E-state index < -0.39 is 0 Å². The number of para-hydroxylation sites is 1. The van der Waals surface area contributed by atoms with E-state index in [1.807, 2.05) is 37.3 Å². The molecule has 1 heterocycles. The fourth-order valence-electron chi connectivity index (χ4n) is 2.39. The number of carbonyl (C=O) groups excluding carboxylic acids is 1. The summed E-state index contributed by atoms with van der Waals surface area (Å²) in [5.41, 5.74) is 1.33. The molecule has 106 valence electrons. The van der Waals surface area contributed by atoms with Crippen LogP contribution < -0.4 is 14.4 Å². The average molecular weight is 281 g/mol. The van der Waals surface area contributed by atoms with Gasteiger partial charge in [-0.05, 0) is 43.3 Å². The highest BCUT2D eigenvalue weighted by Gasteiger charge is 2.31. The van der Waals surface area contributed by atoms with Crippen LogP contribution >= 0.6 is 0 Å². The zero-order valence-corrected chi connectivity index (χ0v) is 11.7. The molecule has 3 rings (SSSR count). The molecule has 0 unspecified atom stereocenters. The van der Waals surface area contributed by atoms with Crippen molar-refractivity contribution in [1.82, 2.24) is 0 Å². The Morgan fingerprint density at radius 1 is 1.19 bits per heavy atom. The van der Waals surface area contributed by atoms with Crippen molar-refractivity contribution >= 4 is 11.6 Å². The number of amides is 1. The predicted molar refractivity (Wildman–Crippen MR) is 80.6 cm³/mol. The molecule has 4 nitrogen and oxygen atoms in total. The van der Waals surface area contributed by atoms with Crippen molar-refractivity contribution in [2.75, 3.05) is 4.90 Å².